The second kappa shape index (κ2) is 4.56. The molecule has 1 aliphatic rings. The van der Waals surface area contributed by atoms with Gasteiger partial charge in [-0.15, -0.1) is 0 Å². The molecule has 0 bridgehead atoms. The lowest BCUT2D eigenvalue weighted by Crippen LogP contribution is -2.38. The highest BCUT2D eigenvalue weighted by Gasteiger charge is 2.39. The fraction of sp³-hybridized carbons (Fsp3) is 0.625. The number of amidine groups is 1. The van der Waals surface area contributed by atoms with Gasteiger partial charge in [0.2, 0.25) is 0 Å². The van der Waals surface area contributed by atoms with Crippen molar-refractivity contribution in [1.29, 1.82) is 5.41 Å². The molecule has 0 aromatic carbocycles. The Morgan fingerprint density at radius 1 is 1.53 bits per heavy atom. The first-order valence-electron chi connectivity index (χ1n) is 4.41. The van der Waals surface area contributed by atoms with Gasteiger partial charge in [-0.1, -0.05) is 0 Å². The van der Waals surface area contributed by atoms with Crippen molar-refractivity contribution in [3.63, 3.8) is 0 Å². The summed E-state index contributed by atoms with van der Waals surface area (Å²) in [5.41, 5.74) is 4.86. The Kier molecular flexibility index (Phi) is 3.61. The van der Waals surface area contributed by atoms with Gasteiger partial charge in [0.1, 0.15) is 12.2 Å². The molecule has 1 aliphatic heterocycles. The van der Waals surface area contributed by atoms with Gasteiger partial charge in [0.25, 0.3) is 0 Å². The molecule has 15 heavy (non-hydrogen) atoms. The van der Waals surface area contributed by atoms with Crippen LogP contribution < -0.4 is 11.1 Å². The first kappa shape index (κ1) is 11.9. The van der Waals surface area contributed by atoms with Gasteiger partial charge < -0.3 is 26.0 Å². The van der Waals surface area contributed by atoms with E-state index >= 15 is 0 Å². The summed E-state index contributed by atoms with van der Waals surface area (Å²) < 4.78 is 17.8. The molecular weight excluding hydrogens is 205 g/mol. The summed E-state index contributed by atoms with van der Waals surface area (Å²) in [6, 6.07) is 0. The Bertz CT molecular complexity index is 284. The van der Waals surface area contributed by atoms with E-state index in [2.05, 4.69) is 5.32 Å². The first-order chi connectivity index (χ1) is 6.93. The number of halogens is 1. The number of hydrogen-bond donors (Lipinski definition) is 5. The molecule has 1 saturated heterocycles. The van der Waals surface area contributed by atoms with Crippen molar-refractivity contribution >= 4 is 5.84 Å². The number of nitrogens with one attached hydrogen (secondary N) is 2. The van der Waals surface area contributed by atoms with Gasteiger partial charge in [-0.05, 0) is 6.92 Å². The molecule has 1 rings (SSSR count). The number of aliphatic hydroxyl groups excluding tert-OH is 2. The molecule has 0 aromatic heterocycles. The van der Waals surface area contributed by atoms with Crippen LogP contribution in [0.5, 0.6) is 0 Å². The fourth-order valence-electron chi connectivity index (χ4n) is 1.22. The summed E-state index contributed by atoms with van der Waals surface area (Å²) >= 11 is 0. The van der Waals surface area contributed by atoms with E-state index in [9.17, 15) is 14.6 Å². The van der Waals surface area contributed by atoms with E-state index in [0.717, 1.165) is 6.20 Å². The predicted octanol–water partition coefficient (Wildman–Crippen LogP) is -1.21. The first-order valence-corrected chi connectivity index (χ1v) is 4.41. The summed E-state index contributed by atoms with van der Waals surface area (Å²) in [4.78, 5) is 0. The molecular formula is C8H14FN3O3. The van der Waals surface area contributed by atoms with Crippen LogP contribution in [0.15, 0.2) is 12.0 Å². The third-order valence-corrected chi connectivity index (χ3v) is 2.13. The van der Waals surface area contributed by atoms with Crippen LogP contribution in [0.4, 0.5) is 4.39 Å². The number of hydrogen-bond acceptors (Lipinski definition) is 5. The van der Waals surface area contributed by atoms with E-state index < -0.39 is 36.2 Å². The van der Waals surface area contributed by atoms with Crippen molar-refractivity contribution in [2.45, 2.75) is 31.5 Å². The zero-order chi connectivity index (χ0) is 11.6. The number of ether oxygens (including phenoxy) is 1. The maximum Gasteiger partial charge on any atom is 0.180 e. The van der Waals surface area contributed by atoms with Crippen LogP contribution in [0.1, 0.15) is 6.92 Å². The average Bonchev–Trinajstić information content (AvgIpc) is 2.42. The minimum absolute atomic E-state index is 0.536. The minimum atomic E-state index is -1.14. The molecule has 0 saturated carbocycles. The van der Waals surface area contributed by atoms with Crippen molar-refractivity contribution < 1.29 is 19.3 Å². The lowest BCUT2D eigenvalue weighted by atomic mass is 10.1. The molecule has 86 valence electrons. The summed E-state index contributed by atoms with van der Waals surface area (Å²) in [7, 11) is 0. The normalized spacial score (nSPS) is 36.7. The highest BCUT2D eigenvalue weighted by atomic mass is 19.1. The van der Waals surface area contributed by atoms with E-state index in [4.69, 9.17) is 15.9 Å². The van der Waals surface area contributed by atoms with Gasteiger partial charge in [0, 0.05) is 6.20 Å². The molecule has 1 fully saturated rings. The Morgan fingerprint density at radius 2 is 2.13 bits per heavy atom. The lowest BCUT2D eigenvalue weighted by Gasteiger charge is -2.14. The van der Waals surface area contributed by atoms with E-state index in [1.54, 1.807) is 6.92 Å². The van der Waals surface area contributed by atoms with Crippen LogP contribution in [-0.2, 0) is 4.74 Å². The molecule has 6 N–H and O–H groups in total. The van der Waals surface area contributed by atoms with Gasteiger partial charge >= 0.3 is 0 Å². The van der Waals surface area contributed by atoms with Crippen molar-refractivity contribution in [2.75, 3.05) is 0 Å². The van der Waals surface area contributed by atoms with Gasteiger partial charge in [-0.3, -0.25) is 5.41 Å². The second-order valence-corrected chi connectivity index (χ2v) is 3.32. The molecule has 4 atom stereocenters. The third kappa shape index (κ3) is 2.65. The Labute approximate surface area is 86.0 Å². The summed E-state index contributed by atoms with van der Waals surface area (Å²) in [5, 5.41) is 27.8. The van der Waals surface area contributed by atoms with E-state index in [1.807, 2.05) is 0 Å². The topological polar surface area (TPSA) is 112 Å². The molecule has 0 amide bonds. The minimum Gasteiger partial charge on any atom is -0.388 e. The molecule has 0 aliphatic carbocycles. The standard InChI is InChI=1S/C8H14FN3O3/c1-3-5(13)6(14)8(15-3)12-2-4(9)7(10)11/h2-3,5-6,8,12-14H,1H3,(H3,10,11)/b4-2+. The van der Waals surface area contributed by atoms with Crippen LogP contribution in [0, 0.1) is 5.41 Å². The van der Waals surface area contributed by atoms with Crippen LogP contribution in [-0.4, -0.2) is 40.6 Å². The Hall–Kier alpha value is -1.18. The summed E-state index contributed by atoms with van der Waals surface area (Å²) in [5.74, 6) is -1.68. The Balaban J connectivity index is 2.54. The van der Waals surface area contributed by atoms with Crippen LogP contribution in [0.3, 0.4) is 0 Å². The maximum atomic E-state index is 12.7. The van der Waals surface area contributed by atoms with Crippen molar-refractivity contribution in [3.05, 3.63) is 12.0 Å². The molecule has 7 heteroatoms. The third-order valence-electron chi connectivity index (χ3n) is 2.13. The second-order valence-electron chi connectivity index (χ2n) is 3.32. The highest BCUT2D eigenvalue weighted by Crippen LogP contribution is 2.19. The van der Waals surface area contributed by atoms with E-state index in [0.29, 0.717) is 0 Å². The molecule has 0 radical (unpaired) electrons. The monoisotopic (exact) mass is 219 g/mol. The quantitative estimate of drug-likeness (QED) is 0.302. The number of nitrogens with two attached hydrogens (primary N) is 1. The number of rotatable bonds is 3. The zero-order valence-electron chi connectivity index (χ0n) is 8.14. The zero-order valence-corrected chi connectivity index (χ0v) is 8.14. The summed E-state index contributed by atoms with van der Waals surface area (Å²) in [6.45, 7) is 1.58. The SMILES string of the molecule is CC1OC(N/C=C(/F)C(=N)N)C(O)C1O. The van der Waals surface area contributed by atoms with Gasteiger partial charge in [-0.25, -0.2) is 4.39 Å². The van der Waals surface area contributed by atoms with Gasteiger partial charge in [-0.2, -0.15) is 0 Å². The van der Waals surface area contributed by atoms with E-state index in [1.165, 1.54) is 0 Å². The van der Waals surface area contributed by atoms with Crippen molar-refractivity contribution in [2.24, 2.45) is 5.73 Å². The van der Waals surface area contributed by atoms with Crippen LogP contribution in [0.25, 0.3) is 0 Å². The largest absolute Gasteiger partial charge is 0.388 e. The summed E-state index contributed by atoms with van der Waals surface area (Å²) in [6.07, 6.45) is -2.78. The highest BCUT2D eigenvalue weighted by molar-refractivity contribution is 5.91. The van der Waals surface area contributed by atoms with Crippen molar-refractivity contribution in [3.8, 4) is 0 Å². The lowest BCUT2D eigenvalue weighted by molar-refractivity contribution is 0.00321. The van der Waals surface area contributed by atoms with Gasteiger partial charge in [0.05, 0.1) is 6.10 Å². The molecule has 0 spiro atoms. The predicted molar refractivity (Wildman–Crippen MR) is 50.6 cm³/mol. The fourth-order valence-corrected chi connectivity index (χ4v) is 1.22. The average molecular weight is 219 g/mol. The van der Waals surface area contributed by atoms with Crippen LogP contribution >= 0.6 is 0 Å². The van der Waals surface area contributed by atoms with E-state index in [-0.39, 0.29) is 0 Å². The van der Waals surface area contributed by atoms with Gasteiger partial charge in [0.15, 0.2) is 17.9 Å². The maximum absolute atomic E-state index is 12.7. The van der Waals surface area contributed by atoms with Crippen molar-refractivity contribution in [1.82, 2.24) is 5.32 Å². The molecule has 1 heterocycles. The number of aliphatic hydroxyl groups is 2. The Morgan fingerprint density at radius 3 is 2.53 bits per heavy atom. The molecule has 0 aromatic rings. The van der Waals surface area contributed by atoms with Crippen LogP contribution in [0.2, 0.25) is 0 Å². The molecule has 4 unspecified atom stereocenters. The smallest absolute Gasteiger partial charge is 0.180 e. The molecule has 6 nitrogen and oxygen atoms in total.